The molecule has 1 aliphatic heterocycles. The van der Waals surface area contributed by atoms with Crippen molar-refractivity contribution in [3.63, 3.8) is 0 Å². The molecular formula is C9H18O6. The zero-order chi connectivity index (χ0) is 11.4. The van der Waals surface area contributed by atoms with Gasteiger partial charge in [0.05, 0.1) is 6.61 Å². The zero-order valence-corrected chi connectivity index (χ0v) is 8.87. The quantitative estimate of drug-likeness (QED) is 0.519. The van der Waals surface area contributed by atoms with E-state index in [9.17, 15) is 10.2 Å². The Kier molecular flexibility index (Phi) is 4.91. The Hall–Kier alpha value is -0.240. The van der Waals surface area contributed by atoms with Gasteiger partial charge >= 0.3 is 0 Å². The summed E-state index contributed by atoms with van der Waals surface area (Å²) in [5.41, 5.74) is 0. The molecule has 0 radical (unpaired) electrons. The van der Waals surface area contributed by atoms with Crippen molar-refractivity contribution in [1.82, 2.24) is 0 Å². The summed E-state index contributed by atoms with van der Waals surface area (Å²) in [4.78, 5) is 0. The molecule has 5 atom stereocenters. The third-order valence-corrected chi connectivity index (χ3v) is 2.22. The summed E-state index contributed by atoms with van der Waals surface area (Å²) in [6.07, 6.45) is -5.05. The molecule has 1 fully saturated rings. The van der Waals surface area contributed by atoms with Gasteiger partial charge in [0.15, 0.2) is 12.6 Å². The second-order valence-corrected chi connectivity index (χ2v) is 3.40. The van der Waals surface area contributed by atoms with Crippen molar-refractivity contribution < 1.29 is 29.5 Å². The van der Waals surface area contributed by atoms with E-state index in [1.807, 2.05) is 6.92 Å². The summed E-state index contributed by atoms with van der Waals surface area (Å²) in [6.45, 7) is 4.03. The Labute approximate surface area is 88.4 Å². The molecule has 90 valence electrons. The van der Waals surface area contributed by atoms with Crippen molar-refractivity contribution in [2.45, 2.75) is 44.7 Å². The summed E-state index contributed by atoms with van der Waals surface area (Å²) < 4.78 is 15.2. The second kappa shape index (κ2) is 5.74. The first-order valence-corrected chi connectivity index (χ1v) is 4.99. The standard InChI is InChI=1S/C9H18O6/c1-3-13-5(2)15-6-4-14-9(12)8(11)7(6)10/h5-12H,3-4H2,1-2H3. The van der Waals surface area contributed by atoms with Crippen molar-refractivity contribution in [3.05, 3.63) is 0 Å². The topological polar surface area (TPSA) is 88.4 Å². The summed E-state index contributed by atoms with van der Waals surface area (Å²) in [6, 6.07) is 0. The van der Waals surface area contributed by atoms with Gasteiger partial charge in [0, 0.05) is 6.61 Å². The molecule has 0 amide bonds. The van der Waals surface area contributed by atoms with Crippen LogP contribution in [0.15, 0.2) is 0 Å². The van der Waals surface area contributed by atoms with Crippen LogP contribution in [-0.2, 0) is 14.2 Å². The van der Waals surface area contributed by atoms with Crippen LogP contribution in [0.4, 0.5) is 0 Å². The lowest BCUT2D eigenvalue weighted by molar-refractivity contribution is -0.284. The monoisotopic (exact) mass is 222 g/mol. The van der Waals surface area contributed by atoms with Gasteiger partial charge < -0.3 is 29.5 Å². The van der Waals surface area contributed by atoms with Crippen molar-refractivity contribution in [2.75, 3.05) is 13.2 Å². The van der Waals surface area contributed by atoms with E-state index in [1.54, 1.807) is 6.92 Å². The van der Waals surface area contributed by atoms with Crippen molar-refractivity contribution in [1.29, 1.82) is 0 Å². The van der Waals surface area contributed by atoms with E-state index in [0.717, 1.165) is 0 Å². The Morgan fingerprint density at radius 3 is 2.60 bits per heavy atom. The molecule has 1 aliphatic rings. The molecular weight excluding hydrogens is 204 g/mol. The fraction of sp³-hybridized carbons (Fsp3) is 1.00. The molecule has 0 aromatic carbocycles. The number of hydrogen-bond acceptors (Lipinski definition) is 6. The van der Waals surface area contributed by atoms with Crippen molar-refractivity contribution in [2.24, 2.45) is 0 Å². The average molecular weight is 222 g/mol. The summed E-state index contributed by atoms with van der Waals surface area (Å²) in [5.74, 6) is 0. The van der Waals surface area contributed by atoms with Gasteiger partial charge in [0.25, 0.3) is 0 Å². The van der Waals surface area contributed by atoms with Crippen molar-refractivity contribution >= 4 is 0 Å². The van der Waals surface area contributed by atoms with Crippen LogP contribution >= 0.6 is 0 Å². The number of aliphatic hydroxyl groups excluding tert-OH is 3. The minimum Gasteiger partial charge on any atom is -0.387 e. The molecule has 0 aliphatic carbocycles. The van der Waals surface area contributed by atoms with Crippen LogP contribution in [0.3, 0.4) is 0 Å². The fourth-order valence-corrected chi connectivity index (χ4v) is 1.42. The molecule has 0 saturated carbocycles. The van der Waals surface area contributed by atoms with E-state index >= 15 is 0 Å². The lowest BCUT2D eigenvalue weighted by Gasteiger charge is -2.35. The van der Waals surface area contributed by atoms with E-state index in [4.69, 9.17) is 19.3 Å². The Bertz CT molecular complexity index is 187. The molecule has 1 rings (SSSR count). The molecule has 1 heterocycles. The molecule has 0 aromatic rings. The van der Waals surface area contributed by atoms with E-state index in [-0.39, 0.29) is 6.61 Å². The lowest BCUT2D eigenvalue weighted by Crippen LogP contribution is -2.54. The fourth-order valence-electron chi connectivity index (χ4n) is 1.42. The Morgan fingerprint density at radius 1 is 1.33 bits per heavy atom. The highest BCUT2D eigenvalue weighted by Gasteiger charge is 2.38. The summed E-state index contributed by atoms with van der Waals surface area (Å²) in [5, 5.41) is 28.0. The highest BCUT2D eigenvalue weighted by Crippen LogP contribution is 2.17. The number of hydrogen-bond donors (Lipinski definition) is 3. The molecule has 6 heteroatoms. The largest absolute Gasteiger partial charge is 0.387 e. The van der Waals surface area contributed by atoms with E-state index in [0.29, 0.717) is 6.61 Å². The second-order valence-electron chi connectivity index (χ2n) is 3.40. The highest BCUT2D eigenvalue weighted by atomic mass is 16.7. The van der Waals surface area contributed by atoms with E-state index < -0.39 is 30.9 Å². The maximum atomic E-state index is 9.55. The minimum atomic E-state index is -1.36. The van der Waals surface area contributed by atoms with Gasteiger partial charge in [-0.3, -0.25) is 0 Å². The van der Waals surface area contributed by atoms with Gasteiger partial charge in [-0.15, -0.1) is 0 Å². The van der Waals surface area contributed by atoms with Crippen LogP contribution in [0, 0.1) is 0 Å². The molecule has 15 heavy (non-hydrogen) atoms. The Balaban J connectivity index is 2.42. The van der Waals surface area contributed by atoms with Gasteiger partial charge in [-0.05, 0) is 13.8 Å². The summed E-state index contributed by atoms with van der Waals surface area (Å²) in [7, 11) is 0. The molecule has 0 bridgehead atoms. The Morgan fingerprint density at radius 2 is 2.00 bits per heavy atom. The first kappa shape index (κ1) is 12.8. The van der Waals surface area contributed by atoms with Crippen LogP contribution in [-0.4, -0.2) is 59.4 Å². The number of rotatable bonds is 4. The van der Waals surface area contributed by atoms with Crippen molar-refractivity contribution in [3.8, 4) is 0 Å². The molecule has 0 spiro atoms. The molecule has 6 nitrogen and oxygen atoms in total. The molecule has 5 unspecified atom stereocenters. The van der Waals surface area contributed by atoms with Crippen LogP contribution < -0.4 is 0 Å². The predicted octanol–water partition coefficient (Wildman–Crippen LogP) is -1.18. The predicted molar refractivity (Wildman–Crippen MR) is 49.9 cm³/mol. The molecule has 3 N–H and O–H groups in total. The van der Waals surface area contributed by atoms with E-state index in [1.165, 1.54) is 0 Å². The van der Waals surface area contributed by atoms with Crippen LogP contribution in [0.2, 0.25) is 0 Å². The SMILES string of the molecule is CCOC(C)OC1COC(O)C(O)C1O. The molecule has 1 saturated heterocycles. The van der Waals surface area contributed by atoms with Crippen LogP contribution in [0.5, 0.6) is 0 Å². The summed E-state index contributed by atoms with van der Waals surface area (Å²) >= 11 is 0. The van der Waals surface area contributed by atoms with Gasteiger partial charge in [-0.25, -0.2) is 0 Å². The third kappa shape index (κ3) is 3.37. The lowest BCUT2D eigenvalue weighted by atomic mass is 10.1. The average Bonchev–Trinajstić information content (AvgIpc) is 2.20. The van der Waals surface area contributed by atoms with Gasteiger partial charge in [0.2, 0.25) is 0 Å². The normalized spacial score (nSPS) is 39.0. The number of ether oxygens (including phenoxy) is 3. The zero-order valence-electron chi connectivity index (χ0n) is 8.87. The van der Waals surface area contributed by atoms with Gasteiger partial charge in [0.1, 0.15) is 18.3 Å². The van der Waals surface area contributed by atoms with E-state index in [2.05, 4.69) is 0 Å². The smallest absolute Gasteiger partial charge is 0.183 e. The maximum Gasteiger partial charge on any atom is 0.183 e. The maximum absolute atomic E-state index is 9.55. The highest BCUT2D eigenvalue weighted by molar-refractivity contribution is 4.83. The van der Waals surface area contributed by atoms with Gasteiger partial charge in [-0.2, -0.15) is 0 Å². The minimum absolute atomic E-state index is 0.0246. The first-order valence-electron chi connectivity index (χ1n) is 4.99. The number of aliphatic hydroxyl groups is 3. The van der Waals surface area contributed by atoms with Crippen LogP contribution in [0.25, 0.3) is 0 Å². The van der Waals surface area contributed by atoms with Crippen LogP contribution in [0.1, 0.15) is 13.8 Å². The third-order valence-electron chi connectivity index (χ3n) is 2.22. The van der Waals surface area contributed by atoms with Gasteiger partial charge in [-0.1, -0.05) is 0 Å². The first-order chi connectivity index (χ1) is 7.06. The molecule has 0 aromatic heterocycles.